The molecule has 6 rings (SSSR count). The fourth-order valence-electron chi connectivity index (χ4n) is 13.2. The van der Waals surface area contributed by atoms with Gasteiger partial charge in [0.2, 0.25) is 0 Å². The zero-order valence-corrected chi connectivity index (χ0v) is 35.4. The van der Waals surface area contributed by atoms with E-state index >= 15 is 0 Å². The molecule has 2 aliphatic heterocycles. The van der Waals surface area contributed by atoms with Crippen molar-refractivity contribution >= 4 is 0 Å². The molecule has 0 amide bonds. The summed E-state index contributed by atoms with van der Waals surface area (Å²) in [5, 5.41) is 88.1. The van der Waals surface area contributed by atoms with E-state index in [9.17, 15) is 40.9 Å². The van der Waals surface area contributed by atoms with Crippen LogP contribution < -0.4 is 0 Å². The van der Waals surface area contributed by atoms with Crippen molar-refractivity contribution in [1.29, 1.82) is 0 Å². The topological polar surface area (TPSA) is 208 Å². The zero-order chi connectivity index (χ0) is 41.6. The lowest BCUT2D eigenvalue weighted by molar-refractivity contribution is -0.377. The van der Waals surface area contributed by atoms with Crippen LogP contribution in [-0.2, 0) is 23.7 Å². The van der Waals surface area contributed by atoms with Crippen LogP contribution in [0.15, 0.2) is 12.2 Å². The third-order valence-electron chi connectivity index (χ3n) is 17.0. The Bertz CT molecular complexity index is 1410. The van der Waals surface area contributed by atoms with Crippen molar-refractivity contribution in [2.75, 3.05) is 13.7 Å². The van der Waals surface area contributed by atoms with Gasteiger partial charge in [0.15, 0.2) is 12.6 Å². The summed E-state index contributed by atoms with van der Waals surface area (Å²) in [5.41, 5.74) is -2.49. The molecule has 2 heterocycles. The first-order valence-electron chi connectivity index (χ1n) is 21.2. The fraction of sp³-hybridized carbons (Fsp3) is 0.953. The number of hydrogen-bond acceptors (Lipinski definition) is 13. The predicted octanol–water partition coefficient (Wildman–Crippen LogP) is 2.80. The van der Waals surface area contributed by atoms with E-state index in [1.807, 2.05) is 26.8 Å². The predicted molar refractivity (Wildman–Crippen MR) is 206 cm³/mol. The highest BCUT2D eigenvalue weighted by atomic mass is 16.8. The number of fused-ring (bicyclic) bond motifs is 5. The quantitative estimate of drug-likeness (QED) is 0.118. The molecule has 6 aliphatic rings. The first-order chi connectivity index (χ1) is 25.9. The van der Waals surface area contributed by atoms with Crippen molar-refractivity contribution in [2.24, 2.45) is 45.3 Å². The fourth-order valence-corrected chi connectivity index (χ4v) is 13.2. The van der Waals surface area contributed by atoms with Gasteiger partial charge in [0, 0.05) is 12.5 Å². The third-order valence-corrected chi connectivity index (χ3v) is 17.0. The maximum absolute atomic E-state index is 12.5. The highest BCUT2D eigenvalue weighted by molar-refractivity contribution is 5.21. The number of methoxy groups -OCH3 is 1. The number of ether oxygens (including phenoxy) is 5. The minimum absolute atomic E-state index is 0.0460. The molecule has 56 heavy (non-hydrogen) atoms. The van der Waals surface area contributed by atoms with Gasteiger partial charge < -0.3 is 64.5 Å². The SMILES string of the molecule is COC(C)(C)C=CCC(C)(O)C1CCC2(C)C1CCC1C3(C)CCC(OC4OC(CO)C(O)C(O)C4OC4OC(C)C(O)C(O)C4O)C(C)(C)C3CC(O)C12C. The molecule has 0 aromatic carbocycles. The smallest absolute Gasteiger partial charge is 0.187 e. The van der Waals surface area contributed by atoms with E-state index < -0.39 is 96.8 Å². The molecule has 0 aromatic rings. The molecule has 2 saturated heterocycles. The maximum atomic E-state index is 12.5. The molecule has 6 fully saturated rings. The van der Waals surface area contributed by atoms with Gasteiger partial charge in [-0.05, 0) is 119 Å². The highest BCUT2D eigenvalue weighted by Gasteiger charge is 2.72. The van der Waals surface area contributed by atoms with Crippen LogP contribution in [0.3, 0.4) is 0 Å². The zero-order valence-electron chi connectivity index (χ0n) is 35.4. The van der Waals surface area contributed by atoms with Gasteiger partial charge in [-0.25, -0.2) is 0 Å². The van der Waals surface area contributed by atoms with E-state index in [0.717, 1.165) is 32.1 Å². The normalized spacial score (nSPS) is 51.9. The van der Waals surface area contributed by atoms with Crippen molar-refractivity contribution in [3.05, 3.63) is 12.2 Å². The Kier molecular flexibility index (Phi) is 12.5. The molecule has 13 nitrogen and oxygen atoms in total. The second kappa shape index (κ2) is 15.6. The van der Waals surface area contributed by atoms with Gasteiger partial charge in [0.25, 0.3) is 0 Å². The van der Waals surface area contributed by atoms with Gasteiger partial charge in [-0.15, -0.1) is 0 Å². The van der Waals surface area contributed by atoms with Crippen LogP contribution in [0.2, 0.25) is 0 Å². The molecule has 4 aliphatic carbocycles. The highest BCUT2D eigenvalue weighted by Crippen LogP contribution is 2.76. The molecule has 324 valence electrons. The molecule has 0 radical (unpaired) electrons. The summed E-state index contributed by atoms with van der Waals surface area (Å²) in [6, 6.07) is 0. The van der Waals surface area contributed by atoms with Gasteiger partial charge in [-0.2, -0.15) is 0 Å². The number of hydrogen-bond donors (Lipinski definition) is 8. The Morgan fingerprint density at radius 1 is 0.768 bits per heavy atom. The maximum Gasteiger partial charge on any atom is 0.187 e. The Morgan fingerprint density at radius 2 is 1.45 bits per heavy atom. The van der Waals surface area contributed by atoms with Crippen molar-refractivity contribution < 1.29 is 64.5 Å². The first-order valence-corrected chi connectivity index (χ1v) is 21.2. The summed E-state index contributed by atoms with van der Waals surface area (Å²) < 4.78 is 30.1. The van der Waals surface area contributed by atoms with Gasteiger partial charge >= 0.3 is 0 Å². The van der Waals surface area contributed by atoms with Crippen molar-refractivity contribution in [3.63, 3.8) is 0 Å². The van der Waals surface area contributed by atoms with Crippen molar-refractivity contribution in [2.45, 2.75) is 199 Å². The van der Waals surface area contributed by atoms with E-state index in [0.29, 0.717) is 19.3 Å². The van der Waals surface area contributed by atoms with E-state index in [2.05, 4.69) is 40.7 Å². The monoisotopic (exact) mass is 799 g/mol. The molecule has 20 atom stereocenters. The lowest BCUT2D eigenvalue weighted by atomic mass is 9.34. The molecule has 0 spiro atoms. The number of aliphatic hydroxyl groups is 8. The Labute approximate surface area is 333 Å². The van der Waals surface area contributed by atoms with Crippen LogP contribution >= 0.6 is 0 Å². The van der Waals surface area contributed by atoms with E-state index in [4.69, 9.17) is 23.7 Å². The second-order valence-electron chi connectivity index (χ2n) is 20.6. The lowest BCUT2D eigenvalue weighted by Crippen LogP contribution is -2.69. The number of rotatable bonds is 10. The Balaban J connectivity index is 1.22. The molecule has 13 heteroatoms. The summed E-state index contributed by atoms with van der Waals surface area (Å²) >= 11 is 0. The van der Waals surface area contributed by atoms with E-state index in [1.54, 1.807) is 7.11 Å². The van der Waals surface area contributed by atoms with Gasteiger partial charge in [0.1, 0.15) is 42.7 Å². The second-order valence-corrected chi connectivity index (χ2v) is 20.6. The Hall–Kier alpha value is -0.780. The van der Waals surface area contributed by atoms with Crippen LogP contribution in [0.5, 0.6) is 0 Å². The number of aliphatic hydroxyl groups excluding tert-OH is 7. The first kappa shape index (κ1) is 44.8. The summed E-state index contributed by atoms with van der Waals surface area (Å²) in [6.07, 6.45) is -4.53. The standard InChI is InChI=1S/C43H74O13/c1-22-30(46)32(48)34(50)36(53-22)56-35-33(49)31(47)25(21-44)54-37(35)55-29-15-18-40(6)26-13-12-23-24(42(8,51)17-11-16-38(2,3)52-10)14-19-41(23,7)43(26,9)28(45)20-27(40)39(29,4)5/h11,16,22-37,44-51H,12-15,17-21H2,1-10H3. The summed E-state index contributed by atoms with van der Waals surface area (Å²) in [5.74, 6) is 0.649. The molecule has 0 bridgehead atoms. The van der Waals surface area contributed by atoms with Gasteiger partial charge in [-0.3, -0.25) is 0 Å². The van der Waals surface area contributed by atoms with E-state index in [1.165, 1.54) is 6.92 Å². The molecular weight excluding hydrogens is 724 g/mol. The largest absolute Gasteiger partial charge is 0.394 e. The summed E-state index contributed by atoms with van der Waals surface area (Å²) in [6.45, 7) is 18.3. The van der Waals surface area contributed by atoms with Crippen LogP contribution in [0.25, 0.3) is 0 Å². The lowest BCUT2D eigenvalue weighted by Gasteiger charge is -2.71. The van der Waals surface area contributed by atoms with Crippen LogP contribution in [0.4, 0.5) is 0 Å². The molecular formula is C43H74O13. The van der Waals surface area contributed by atoms with Crippen molar-refractivity contribution in [1.82, 2.24) is 0 Å². The molecule has 0 aromatic heterocycles. The Morgan fingerprint density at radius 3 is 2.09 bits per heavy atom. The van der Waals surface area contributed by atoms with Crippen LogP contribution in [0, 0.1) is 45.3 Å². The molecule has 4 saturated carbocycles. The van der Waals surface area contributed by atoms with Crippen molar-refractivity contribution in [3.8, 4) is 0 Å². The van der Waals surface area contributed by atoms with Gasteiger partial charge in [0.05, 0.1) is 36.1 Å². The minimum atomic E-state index is -1.66. The molecule has 8 N–H and O–H groups in total. The third kappa shape index (κ3) is 7.18. The van der Waals surface area contributed by atoms with Crippen LogP contribution in [-0.4, -0.2) is 139 Å². The molecule has 20 unspecified atom stereocenters. The average Bonchev–Trinajstić information content (AvgIpc) is 3.50. The van der Waals surface area contributed by atoms with Crippen LogP contribution in [0.1, 0.15) is 114 Å². The summed E-state index contributed by atoms with van der Waals surface area (Å²) in [4.78, 5) is 0. The van der Waals surface area contributed by atoms with E-state index in [-0.39, 0.29) is 39.9 Å². The minimum Gasteiger partial charge on any atom is -0.394 e. The summed E-state index contributed by atoms with van der Waals surface area (Å²) in [7, 11) is 1.69. The average molecular weight is 799 g/mol. The van der Waals surface area contributed by atoms with Gasteiger partial charge in [-0.1, -0.05) is 46.8 Å².